The van der Waals surface area contributed by atoms with Gasteiger partial charge in [-0.25, -0.2) is 9.59 Å². The highest BCUT2D eigenvalue weighted by Gasteiger charge is 2.16. The standard InChI is InChI=1S/C14H18N2O4/c1-4-8-16(5-2)14(19)15-12-9-10(20-3)6-7-11(12)13(17)18/h4,6-7,9H,1,5,8H2,2-3H3,(H,15,19)(H,17,18). The van der Waals surface area contributed by atoms with Gasteiger partial charge in [-0.15, -0.1) is 6.58 Å². The van der Waals surface area contributed by atoms with Crippen molar-refractivity contribution in [2.24, 2.45) is 0 Å². The number of carboxylic acids is 1. The molecule has 2 amide bonds. The minimum Gasteiger partial charge on any atom is -0.497 e. The highest BCUT2D eigenvalue weighted by Crippen LogP contribution is 2.23. The molecular weight excluding hydrogens is 260 g/mol. The zero-order chi connectivity index (χ0) is 15.1. The van der Waals surface area contributed by atoms with E-state index in [1.165, 1.54) is 30.2 Å². The lowest BCUT2D eigenvalue weighted by Crippen LogP contribution is -2.35. The van der Waals surface area contributed by atoms with Crippen molar-refractivity contribution >= 4 is 17.7 Å². The Bertz CT molecular complexity index is 514. The fourth-order valence-corrected chi connectivity index (χ4v) is 1.65. The van der Waals surface area contributed by atoms with E-state index >= 15 is 0 Å². The molecule has 0 saturated carbocycles. The van der Waals surface area contributed by atoms with Gasteiger partial charge >= 0.3 is 12.0 Å². The van der Waals surface area contributed by atoms with Crippen molar-refractivity contribution in [3.8, 4) is 5.75 Å². The number of ether oxygens (including phenoxy) is 1. The van der Waals surface area contributed by atoms with Gasteiger partial charge in [0.1, 0.15) is 5.75 Å². The summed E-state index contributed by atoms with van der Waals surface area (Å²) in [5.74, 6) is -0.646. The molecule has 0 aliphatic carbocycles. The normalized spacial score (nSPS) is 9.70. The fraction of sp³-hybridized carbons (Fsp3) is 0.286. The minimum atomic E-state index is -1.12. The molecule has 0 bridgehead atoms. The maximum absolute atomic E-state index is 12.0. The number of carbonyl (C=O) groups excluding carboxylic acids is 1. The van der Waals surface area contributed by atoms with Gasteiger partial charge in [0.15, 0.2) is 0 Å². The Balaban J connectivity index is 3.02. The molecule has 0 spiro atoms. The van der Waals surface area contributed by atoms with Crippen LogP contribution in [0, 0.1) is 0 Å². The molecule has 0 radical (unpaired) electrons. The Kier molecular flexibility index (Phi) is 5.58. The summed E-state index contributed by atoms with van der Waals surface area (Å²) >= 11 is 0. The number of urea groups is 1. The number of benzene rings is 1. The summed E-state index contributed by atoms with van der Waals surface area (Å²) in [6, 6.07) is 4.01. The van der Waals surface area contributed by atoms with Gasteiger partial charge in [-0.1, -0.05) is 6.08 Å². The number of carbonyl (C=O) groups is 2. The predicted molar refractivity (Wildman–Crippen MR) is 76.4 cm³/mol. The van der Waals surface area contributed by atoms with Crippen LogP contribution in [0.3, 0.4) is 0 Å². The smallest absolute Gasteiger partial charge is 0.337 e. The lowest BCUT2D eigenvalue weighted by molar-refractivity contribution is 0.0698. The van der Waals surface area contributed by atoms with E-state index in [2.05, 4.69) is 11.9 Å². The van der Waals surface area contributed by atoms with E-state index in [1.807, 2.05) is 6.92 Å². The average Bonchev–Trinajstić information content (AvgIpc) is 2.44. The van der Waals surface area contributed by atoms with Crippen molar-refractivity contribution < 1.29 is 19.4 Å². The molecule has 0 atom stereocenters. The second-order valence-corrected chi connectivity index (χ2v) is 3.97. The number of carboxylic acid groups (broad SMARTS) is 1. The zero-order valence-corrected chi connectivity index (χ0v) is 11.5. The van der Waals surface area contributed by atoms with Crippen molar-refractivity contribution in [2.45, 2.75) is 6.92 Å². The van der Waals surface area contributed by atoms with Crippen molar-refractivity contribution in [3.63, 3.8) is 0 Å². The van der Waals surface area contributed by atoms with Crippen LogP contribution in [0.4, 0.5) is 10.5 Å². The topological polar surface area (TPSA) is 78.9 Å². The van der Waals surface area contributed by atoms with Gasteiger partial charge in [0.05, 0.1) is 18.4 Å². The van der Waals surface area contributed by atoms with E-state index in [0.717, 1.165) is 0 Å². The van der Waals surface area contributed by atoms with Gasteiger partial charge in [0, 0.05) is 19.2 Å². The van der Waals surface area contributed by atoms with Gasteiger partial charge < -0.3 is 20.1 Å². The molecule has 2 N–H and O–H groups in total. The molecule has 6 nitrogen and oxygen atoms in total. The van der Waals surface area contributed by atoms with Crippen molar-refractivity contribution in [1.82, 2.24) is 4.90 Å². The van der Waals surface area contributed by atoms with Crippen LogP contribution in [0.25, 0.3) is 0 Å². The van der Waals surface area contributed by atoms with E-state index in [0.29, 0.717) is 18.8 Å². The third-order valence-corrected chi connectivity index (χ3v) is 2.72. The first-order chi connectivity index (χ1) is 9.53. The van der Waals surface area contributed by atoms with Crippen LogP contribution in [0.15, 0.2) is 30.9 Å². The number of methoxy groups -OCH3 is 1. The molecule has 0 aromatic heterocycles. The first kappa shape index (κ1) is 15.6. The summed E-state index contributed by atoms with van der Waals surface area (Å²) in [5.41, 5.74) is 0.207. The average molecular weight is 278 g/mol. The van der Waals surface area contributed by atoms with Crippen LogP contribution in [-0.4, -0.2) is 42.2 Å². The summed E-state index contributed by atoms with van der Waals surface area (Å²) in [5, 5.41) is 11.7. The highest BCUT2D eigenvalue weighted by molar-refractivity contribution is 6.00. The molecule has 6 heteroatoms. The molecule has 0 fully saturated rings. The maximum atomic E-state index is 12.0. The maximum Gasteiger partial charge on any atom is 0.337 e. The number of rotatable bonds is 6. The molecule has 20 heavy (non-hydrogen) atoms. The molecule has 1 aromatic rings. The number of amides is 2. The van der Waals surface area contributed by atoms with Crippen molar-refractivity contribution in [2.75, 3.05) is 25.5 Å². The van der Waals surface area contributed by atoms with Crippen LogP contribution >= 0.6 is 0 Å². The number of hydrogen-bond acceptors (Lipinski definition) is 3. The van der Waals surface area contributed by atoms with Crippen LogP contribution in [-0.2, 0) is 0 Å². The fourth-order valence-electron chi connectivity index (χ4n) is 1.65. The number of nitrogens with one attached hydrogen (secondary N) is 1. The Morgan fingerprint density at radius 1 is 1.50 bits per heavy atom. The lowest BCUT2D eigenvalue weighted by Gasteiger charge is -2.20. The zero-order valence-electron chi connectivity index (χ0n) is 11.5. The second-order valence-electron chi connectivity index (χ2n) is 3.97. The summed E-state index contributed by atoms with van der Waals surface area (Å²) in [6.07, 6.45) is 1.60. The van der Waals surface area contributed by atoms with Crippen LogP contribution in [0.1, 0.15) is 17.3 Å². The first-order valence-electron chi connectivity index (χ1n) is 6.11. The monoisotopic (exact) mass is 278 g/mol. The molecule has 1 aromatic carbocycles. The van der Waals surface area contributed by atoms with Gasteiger partial charge in [-0.2, -0.15) is 0 Å². The van der Waals surface area contributed by atoms with Crippen molar-refractivity contribution in [3.05, 3.63) is 36.4 Å². The Morgan fingerprint density at radius 3 is 2.70 bits per heavy atom. The Labute approximate surface area is 117 Å². The molecule has 0 heterocycles. The number of nitrogens with zero attached hydrogens (tertiary/aromatic N) is 1. The molecule has 1 rings (SSSR count). The van der Waals surface area contributed by atoms with E-state index in [-0.39, 0.29) is 17.3 Å². The number of aromatic carboxylic acids is 1. The largest absolute Gasteiger partial charge is 0.497 e. The van der Waals surface area contributed by atoms with E-state index < -0.39 is 5.97 Å². The van der Waals surface area contributed by atoms with Gasteiger partial charge in [-0.05, 0) is 19.1 Å². The molecule has 0 saturated heterocycles. The van der Waals surface area contributed by atoms with Crippen LogP contribution in [0.2, 0.25) is 0 Å². The summed E-state index contributed by atoms with van der Waals surface area (Å²) in [6.45, 7) is 6.28. The third kappa shape index (κ3) is 3.74. The summed E-state index contributed by atoms with van der Waals surface area (Å²) in [4.78, 5) is 24.7. The van der Waals surface area contributed by atoms with E-state index in [4.69, 9.17) is 9.84 Å². The number of hydrogen-bond donors (Lipinski definition) is 2. The van der Waals surface area contributed by atoms with Gasteiger partial charge in [-0.3, -0.25) is 0 Å². The minimum absolute atomic E-state index is 0.00815. The third-order valence-electron chi connectivity index (χ3n) is 2.72. The molecular formula is C14H18N2O4. The number of anilines is 1. The predicted octanol–water partition coefficient (Wildman–Crippen LogP) is 2.43. The molecule has 0 unspecified atom stereocenters. The summed E-state index contributed by atoms with van der Waals surface area (Å²) < 4.78 is 5.03. The van der Waals surface area contributed by atoms with Crippen LogP contribution < -0.4 is 10.1 Å². The first-order valence-corrected chi connectivity index (χ1v) is 6.11. The molecule has 0 aliphatic rings. The Hall–Kier alpha value is -2.50. The Morgan fingerprint density at radius 2 is 2.20 bits per heavy atom. The number of likely N-dealkylation sites (N-methyl/N-ethyl adjacent to an activating group) is 1. The molecule has 0 aliphatic heterocycles. The second kappa shape index (κ2) is 7.18. The van der Waals surface area contributed by atoms with E-state index in [9.17, 15) is 9.59 Å². The summed E-state index contributed by atoms with van der Waals surface area (Å²) in [7, 11) is 1.47. The van der Waals surface area contributed by atoms with Gasteiger partial charge in [0.2, 0.25) is 0 Å². The highest BCUT2D eigenvalue weighted by atomic mass is 16.5. The van der Waals surface area contributed by atoms with Gasteiger partial charge in [0.25, 0.3) is 0 Å². The lowest BCUT2D eigenvalue weighted by atomic mass is 10.1. The van der Waals surface area contributed by atoms with Crippen molar-refractivity contribution in [1.29, 1.82) is 0 Å². The molecule has 108 valence electrons. The van der Waals surface area contributed by atoms with E-state index in [1.54, 1.807) is 6.08 Å². The van der Waals surface area contributed by atoms with Crippen LogP contribution in [0.5, 0.6) is 5.75 Å². The quantitative estimate of drug-likeness (QED) is 0.783. The SMILES string of the molecule is C=CCN(CC)C(=O)Nc1cc(OC)ccc1C(=O)O.